The van der Waals surface area contributed by atoms with Crippen LogP contribution in [0.5, 0.6) is 0 Å². The van der Waals surface area contributed by atoms with Crippen LogP contribution in [0.25, 0.3) is 0 Å². The number of pyridine rings is 1. The van der Waals surface area contributed by atoms with E-state index in [0.717, 1.165) is 57.9 Å². The summed E-state index contributed by atoms with van der Waals surface area (Å²) in [5, 5.41) is 0. The van der Waals surface area contributed by atoms with Gasteiger partial charge >= 0.3 is 0 Å². The molecule has 0 aliphatic carbocycles. The molecule has 2 fully saturated rings. The van der Waals surface area contributed by atoms with Crippen LogP contribution in [0.3, 0.4) is 0 Å². The summed E-state index contributed by atoms with van der Waals surface area (Å²) in [6.45, 7) is 7.06. The molecule has 0 bridgehead atoms. The molecule has 1 spiro atoms. The SMILES string of the molecule is Cc1ccc(C(=O)N2CCC[C@]3(COCCN(C)C3)C2)cn1. The fraction of sp³-hybridized carbons (Fsp3) is 0.647. The molecule has 3 rings (SSSR count). The lowest BCUT2D eigenvalue weighted by Crippen LogP contribution is -2.51. The minimum absolute atomic E-state index is 0.0806. The van der Waals surface area contributed by atoms with Crippen LogP contribution in [-0.4, -0.2) is 67.1 Å². The number of ether oxygens (including phenoxy) is 1. The van der Waals surface area contributed by atoms with Gasteiger partial charge in [0.25, 0.3) is 5.91 Å². The van der Waals surface area contributed by atoms with Crippen molar-refractivity contribution in [2.24, 2.45) is 5.41 Å². The largest absolute Gasteiger partial charge is 0.379 e. The third-order valence-corrected chi connectivity index (χ3v) is 4.74. The lowest BCUT2D eigenvalue weighted by Gasteiger charge is -2.43. The number of rotatable bonds is 1. The van der Waals surface area contributed by atoms with Crippen molar-refractivity contribution in [3.8, 4) is 0 Å². The van der Waals surface area contributed by atoms with Crippen LogP contribution in [0.1, 0.15) is 28.9 Å². The van der Waals surface area contributed by atoms with Gasteiger partial charge in [0.2, 0.25) is 0 Å². The molecule has 1 amide bonds. The van der Waals surface area contributed by atoms with Crippen LogP contribution in [0.2, 0.25) is 0 Å². The van der Waals surface area contributed by atoms with Crippen molar-refractivity contribution in [2.75, 3.05) is 46.4 Å². The quantitative estimate of drug-likeness (QED) is 0.790. The van der Waals surface area contributed by atoms with Gasteiger partial charge < -0.3 is 14.5 Å². The Bertz CT molecular complexity index is 531. The van der Waals surface area contributed by atoms with Crippen molar-refractivity contribution in [1.82, 2.24) is 14.8 Å². The molecular weight excluding hydrogens is 278 g/mol. The molecule has 22 heavy (non-hydrogen) atoms. The zero-order chi connectivity index (χ0) is 15.6. The first-order chi connectivity index (χ1) is 10.6. The van der Waals surface area contributed by atoms with E-state index in [1.807, 2.05) is 24.0 Å². The maximum absolute atomic E-state index is 12.7. The standard InChI is InChI=1S/C17H25N3O2/c1-14-4-5-15(10-18-14)16(21)20-7-3-6-17(12-20)11-19(2)8-9-22-13-17/h4-5,10H,3,6-9,11-13H2,1-2H3/t17-/m1/s1. The van der Waals surface area contributed by atoms with Crippen LogP contribution < -0.4 is 0 Å². The highest BCUT2D eigenvalue weighted by molar-refractivity contribution is 5.94. The fourth-order valence-corrected chi connectivity index (χ4v) is 3.61. The molecule has 2 aliphatic heterocycles. The topological polar surface area (TPSA) is 45.7 Å². The zero-order valence-electron chi connectivity index (χ0n) is 13.5. The molecule has 5 nitrogen and oxygen atoms in total. The fourth-order valence-electron chi connectivity index (χ4n) is 3.61. The Morgan fingerprint density at radius 3 is 2.95 bits per heavy atom. The third-order valence-electron chi connectivity index (χ3n) is 4.74. The molecule has 3 heterocycles. The summed E-state index contributed by atoms with van der Waals surface area (Å²) in [4.78, 5) is 21.3. The van der Waals surface area contributed by atoms with Crippen LogP contribution in [-0.2, 0) is 4.74 Å². The van der Waals surface area contributed by atoms with Crippen molar-refractivity contribution in [3.05, 3.63) is 29.6 Å². The highest BCUT2D eigenvalue weighted by Gasteiger charge is 2.39. The van der Waals surface area contributed by atoms with Gasteiger partial charge in [-0.25, -0.2) is 0 Å². The number of hydrogen-bond acceptors (Lipinski definition) is 4. The summed E-state index contributed by atoms with van der Waals surface area (Å²) in [5.74, 6) is 0.0958. The number of likely N-dealkylation sites (tertiary alicyclic amines) is 1. The molecule has 0 aromatic carbocycles. The van der Waals surface area contributed by atoms with Crippen molar-refractivity contribution in [1.29, 1.82) is 0 Å². The lowest BCUT2D eigenvalue weighted by molar-refractivity contribution is 0.00859. The van der Waals surface area contributed by atoms with E-state index < -0.39 is 0 Å². The van der Waals surface area contributed by atoms with Gasteiger partial charge in [-0.05, 0) is 38.9 Å². The Balaban J connectivity index is 1.74. The van der Waals surface area contributed by atoms with E-state index in [0.29, 0.717) is 5.56 Å². The van der Waals surface area contributed by atoms with Gasteiger partial charge in [0.15, 0.2) is 0 Å². The Morgan fingerprint density at radius 2 is 2.18 bits per heavy atom. The molecule has 1 atom stereocenters. The Morgan fingerprint density at radius 1 is 1.32 bits per heavy atom. The summed E-state index contributed by atoms with van der Waals surface area (Å²) in [5.41, 5.74) is 1.70. The predicted octanol–water partition coefficient (Wildman–Crippen LogP) is 1.57. The summed E-state index contributed by atoms with van der Waals surface area (Å²) >= 11 is 0. The van der Waals surface area contributed by atoms with Crippen LogP contribution in [0.15, 0.2) is 18.3 Å². The summed E-state index contributed by atoms with van der Waals surface area (Å²) in [6, 6.07) is 3.77. The average molecular weight is 303 g/mol. The second-order valence-corrected chi connectivity index (χ2v) is 6.81. The second kappa shape index (κ2) is 6.34. The monoisotopic (exact) mass is 303 g/mol. The summed E-state index contributed by atoms with van der Waals surface area (Å²) < 4.78 is 5.82. The molecule has 2 saturated heterocycles. The van der Waals surface area contributed by atoms with E-state index >= 15 is 0 Å². The lowest BCUT2D eigenvalue weighted by atomic mass is 9.80. The number of carbonyl (C=O) groups is 1. The van der Waals surface area contributed by atoms with Gasteiger partial charge in [0, 0.05) is 43.5 Å². The third kappa shape index (κ3) is 3.31. The summed E-state index contributed by atoms with van der Waals surface area (Å²) in [6.07, 6.45) is 3.87. The second-order valence-electron chi connectivity index (χ2n) is 6.81. The van der Waals surface area contributed by atoms with Gasteiger partial charge in [-0.15, -0.1) is 0 Å². The first-order valence-electron chi connectivity index (χ1n) is 8.06. The van der Waals surface area contributed by atoms with Crippen molar-refractivity contribution in [3.63, 3.8) is 0 Å². The number of carbonyl (C=O) groups excluding carboxylic acids is 1. The molecule has 0 radical (unpaired) electrons. The van der Waals surface area contributed by atoms with E-state index in [1.54, 1.807) is 6.20 Å². The van der Waals surface area contributed by atoms with Gasteiger partial charge in [0.05, 0.1) is 18.8 Å². The molecule has 5 heteroatoms. The number of amides is 1. The first kappa shape index (κ1) is 15.4. The Hall–Kier alpha value is -1.46. The minimum Gasteiger partial charge on any atom is -0.379 e. The molecular formula is C17H25N3O2. The van der Waals surface area contributed by atoms with Gasteiger partial charge in [-0.2, -0.15) is 0 Å². The Labute approximate surface area is 132 Å². The molecule has 120 valence electrons. The number of hydrogen-bond donors (Lipinski definition) is 0. The molecule has 0 N–H and O–H groups in total. The van der Waals surface area contributed by atoms with E-state index in [-0.39, 0.29) is 11.3 Å². The molecule has 0 saturated carbocycles. The zero-order valence-corrected chi connectivity index (χ0v) is 13.5. The average Bonchev–Trinajstić information content (AvgIpc) is 2.69. The van der Waals surface area contributed by atoms with Gasteiger partial charge in [-0.3, -0.25) is 9.78 Å². The number of nitrogens with zero attached hydrogens (tertiary/aromatic N) is 3. The van der Waals surface area contributed by atoms with Gasteiger partial charge in [-0.1, -0.05) is 0 Å². The van der Waals surface area contributed by atoms with Crippen molar-refractivity contribution in [2.45, 2.75) is 19.8 Å². The maximum atomic E-state index is 12.7. The van der Waals surface area contributed by atoms with E-state index in [4.69, 9.17) is 4.74 Å². The smallest absolute Gasteiger partial charge is 0.255 e. The molecule has 0 unspecified atom stereocenters. The highest BCUT2D eigenvalue weighted by atomic mass is 16.5. The predicted molar refractivity (Wildman–Crippen MR) is 84.9 cm³/mol. The Kier molecular flexibility index (Phi) is 4.45. The van der Waals surface area contributed by atoms with Gasteiger partial charge in [0.1, 0.15) is 0 Å². The van der Waals surface area contributed by atoms with E-state index in [2.05, 4.69) is 16.9 Å². The number of piperidine rings is 1. The molecule has 1 aromatic heterocycles. The first-order valence-corrected chi connectivity index (χ1v) is 8.06. The van der Waals surface area contributed by atoms with Crippen LogP contribution in [0, 0.1) is 12.3 Å². The summed E-state index contributed by atoms with van der Waals surface area (Å²) in [7, 11) is 2.14. The molecule has 1 aromatic rings. The molecule has 2 aliphatic rings. The van der Waals surface area contributed by atoms with Crippen molar-refractivity contribution < 1.29 is 9.53 Å². The van der Waals surface area contributed by atoms with Crippen LogP contribution in [0.4, 0.5) is 0 Å². The van der Waals surface area contributed by atoms with E-state index in [1.165, 1.54) is 0 Å². The maximum Gasteiger partial charge on any atom is 0.255 e. The van der Waals surface area contributed by atoms with Crippen molar-refractivity contribution >= 4 is 5.91 Å². The minimum atomic E-state index is 0.0806. The highest BCUT2D eigenvalue weighted by Crippen LogP contribution is 2.33. The van der Waals surface area contributed by atoms with Crippen LogP contribution >= 0.6 is 0 Å². The van der Waals surface area contributed by atoms with E-state index in [9.17, 15) is 4.79 Å². The number of likely N-dealkylation sites (N-methyl/N-ethyl adjacent to an activating group) is 1. The normalized spacial score (nSPS) is 26.9. The number of aryl methyl sites for hydroxylation is 1. The number of aromatic nitrogens is 1.